The van der Waals surface area contributed by atoms with Crippen LogP contribution in [0.15, 0.2) is 23.4 Å². The van der Waals surface area contributed by atoms with Crippen LogP contribution in [0.2, 0.25) is 5.15 Å². The van der Waals surface area contributed by atoms with Crippen molar-refractivity contribution in [3.05, 3.63) is 23.5 Å². The third-order valence-electron chi connectivity index (χ3n) is 1.59. The van der Waals surface area contributed by atoms with E-state index in [4.69, 9.17) is 16.7 Å². The first-order valence-electron chi connectivity index (χ1n) is 3.51. The van der Waals surface area contributed by atoms with Crippen LogP contribution in [0, 0.1) is 0 Å². The third kappa shape index (κ3) is 1.45. The molecule has 74 valence electrons. The lowest BCUT2D eigenvalue weighted by Crippen LogP contribution is -2.15. The van der Waals surface area contributed by atoms with Gasteiger partial charge in [0.05, 0.1) is 6.20 Å². The first-order chi connectivity index (χ1) is 6.48. The lowest BCUT2D eigenvalue weighted by atomic mass is 10.6. The van der Waals surface area contributed by atoms with Crippen LogP contribution >= 0.6 is 11.6 Å². The molecule has 14 heavy (non-hydrogen) atoms. The highest BCUT2D eigenvalue weighted by molar-refractivity contribution is 7.89. The molecule has 8 heteroatoms. The van der Waals surface area contributed by atoms with Crippen LogP contribution in [0.3, 0.4) is 0 Å². The number of primary sulfonamides is 1. The molecule has 0 fully saturated rings. The summed E-state index contributed by atoms with van der Waals surface area (Å²) < 4.78 is 23.2. The molecule has 0 spiro atoms. The van der Waals surface area contributed by atoms with Crippen molar-refractivity contribution in [2.75, 3.05) is 0 Å². The van der Waals surface area contributed by atoms with Gasteiger partial charge in [0.15, 0.2) is 10.7 Å². The quantitative estimate of drug-likeness (QED) is 0.751. The number of hydrogen-bond acceptors (Lipinski definition) is 4. The number of fused-ring (bicyclic) bond motifs is 1. The Hall–Kier alpha value is -1.18. The Morgan fingerprint density at radius 1 is 1.43 bits per heavy atom. The number of imidazole rings is 1. The minimum Gasteiger partial charge on any atom is -0.234 e. The van der Waals surface area contributed by atoms with E-state index in [2.05, 4.69) is 10.1 Å². The van der Waals surface area contributed by atoms with E-state index >= 15 is 0 Å². The normalized spacial score (nSPS) is 12.1. The highest BCUT2D eigenvalue weighted by Crippen LogP contribution is 2.11. The molecule has 0 aliphatic rings. The van der Waals surface area contributed by atoms with Crippen molar-refractivity contribution in [1.82, 2.24) is 14.6 Å². The van der Waals surface area contributed by atoms with Gasteiger partial charge in [-0.05, 0) is 12.1 Å². The average molecular weight is 233 g/mol. The molecular formula is C6H5ClN4O2S. The number of halogens is 1. The summed E-state index contributed by atoms with van der Waals surface area (Å²) in [5.41, 5.74) is 0.374. The van der Waals surface area contributed by atoms with Gasteiger partial charge in [0.25, 0.3) is 10.0 Å². The molecule has 2 aromatic heterocycles. The van der Waals surface area contributed by atoms with Crippen molar-refractivity contribution in [3.63, 3.8) is 0 Å². The first-order valence-corrected chi connectivity index (χ1v) is 5.44. The Morgan fingerprint density at radius 3 is 2.79 bits per heavy atom. The highest BCUT2D eigenvalue weighted by Gasteiger charge is 2.15. The van der Waals surface area contributed by atoms with E-state index in [-0.39, 0.29) is 10.2 Å². The van der Waals surface area contributed by atoms with Gasteiger partial charge < -0.3 is 0 Å². The number of hydrogen-bond donors (Lipinski definition) is 1. The van der Waals surface area contributed by atoms with Crippen molar-refractivity contribution in [3.8, 4) is 0 Å². The van der Waals surface area contributed by atoms with Crippen LogP contribution < -0.4 is 5.14 Å². The van der Waals surface area contributed by atoms with E-state index in [1.165, 1.54) is 6.07 Å². The summed E-state index contributed by atoms with van der Waals surface area (Å²) in [5, 5.41) is 8.69. The Bertz CT molecular complexity index is 591. The van der Waals surface area contributed by atoms with Crippen LogP contribution in [0.5, 0.6) is 0 Å². The molecule has 2 rings (SSSR count). The maximum absolute atomic E-state index is 11.1. The zero-order chi connectivity index (χ0) is 10.3. The first kappa shape index (κ1) is 9.38. The summed E-state index contributed by atoms with van der Waals surface area (Å²) in [7, 11) is -3.82. The summed E-state index contributed by atoms with van der Waals surface area (Å²) in [6, 6.07) is 3.06. The summed E-state index contributed by atoms with van der Waals surface area (Å²) in [6.45, 7) is 0. The smallest absolute Gasteiger partial charge is 0.234 e. The van der Waals surface area contributed by atoms with Crippen LogP contribution in [0.4, 0.5) is 0 Å². The molecule has 0 atom stereocenters. The Kier molecular flexibility index (Phi) is 1.95. The van der Waals surface area contributed by atoms with Gasteiger partial charge in [0, 0.05) is 0 Å². The molecule has 6 nitrogen and oxygen atoms in total. The van der Waals surface area contributed by atoms with Crippen molar-refractivity contribution in [1.29, 1.82) is 0 Å². The molecule has 2 N–H and O–H groups in total. The van der Waals surface area contributed by atoms with Crippen LogP contribution in [-0.2, 0) is 10.0 Å². The highest BCUT2D eigenvalue weighted by atomic mass is 35.5. The predicted octanol–water partition coefficient (Wildman–Crippen LogP) is 0.0301. The largest absolute Gasteiger partial charge is 0.257 e. The van der Waals surface area contributed by atoms with Gasteiger partial charge in [-0.15, -0.1) is 0 Å². The molecule has 0 saturated heterocycles. The third-order valence-corrected chi connectivity index (χ3v) is 2.65. The summed E-state index contributed by atoms with van der Waals surface area (Å²) in [4.78, 5) is 3.81. The fourth-order valence-electron chi connectivity index (χ4n) is 1.02. The number of rotatable bonds is 1. The zero-order valence-electron chi connectivity index (χ0n) is 6.75. The SMILES string of the molecule is NS(=O)(=O)c1cnc2ccc(Cl)nn12. The molecular weight excluding hydrogens is 228 g/mol. The number of sulfonamides is 1. The fraction of sp³-hybridized carbons (Fsp3) is 0. The summed E-state index contributed by atoms with van der Waals surface area (Å²) in [6.07, 6.45) is 1.13. The standard InChI is InChI=1S/C6H5ClN4O2S/c7-4-1-2-5-9-3-6(11(5)10-4)14(8,12)13/h1-3H,(H2,8,12,13). The van der Waals surface area contributed by atoms with Gasteiger partial charge in [-0.25, -0.2) is 18.5 Å². The molecule has 0 saturated carbocycles. The van der Waals surface area contributed by atoms with Gasteiger partial charge in [-0.1, -0.05) is 11.6 Å². The van der Waals surface area contributed by atoms with Gasteiger partial charge in [-0.2, -0.15) is 9.61 Å². The van der Waals surface area contributed by atoms with Gasteiger partial charge in [-0.3, -0.25) is 0 Å². The summed E-state index contributed by atoms with van der Waals surface area (Å²) in [5.74, 6) is 0. The monoisotopic (exact) mass is 232 g/mol. The van der Waals surface area contributed by atoms with Crippen molar-refractivity contribution in [2.45, 2.75) is 5.03 Å². The maximum Gasteiger partial charge on any atom is 0.257 e. The van der Waals surface area contributed by atoms with Crippen LogP contribution in [0.25, 0.3) is 5.65 Å². The van der Waals surface area contributed by atoms with Crippen LogP contribution in [0.1, 0.15) is 0 Å². The van der Waals surface area contributed by atoms with Gasteiger partial charge in [0.1, 0.15) is 5.15 Å². The van der Waals surface area contributed by atoms with Gasteiger partial charge in [0.2, 0.25) is 0 Å². The lowest BCUT2D eigenvalue weighted by Gasteiger charge is -1.97. The molecule has 0 aromatic carbocycles. The Morgan fingerprint density at radius 2 is 2.14 bits per heavy atom. The molecule has 0 aliphatic heterocycles. The maximum atomic E-state index is 11.1. The number of aromatic nitrogens is 3. The second-order valence-corrected chi connectivity index (χ2v) is 4.46. The molecule has 2 aromatic rings. The minimum atomic E-state index is -3.82. The van der Waals surface area contributed by atoms with E-state index in [1.54, 1.807) is 6.07 Å². The van der Waals surface area contributed by atoms with Crippen molar-refractivity contribution in [2.24, 2.45) is 5.14 Å². The molecule has 0 radical (unpaired) electrons. The van der Waals surface area contributed by atoms with E-state index in [0.717, 1.165) is 10.7 Å². The minimum absolute atomic E-state index is 0.167. The predicted molar refractivity (Wildman–Crippen MR) is 49.4 cm³/mol. The fourth-order valence-corrected chi connectivity index (χ4v) is 1.74. The zero-order valence-corrected chi connectivity index (χ0v) is 8.33. The molecule has 0 aliphatic carbocycles. The lowest BCUT2D eigenvalue weighted by molar-refractivity contribution is 0.590. The number of nitrogens with two attached hydrogens (primary N) is 1. The molecule has 2 heterocycles. The van der Waals surface area contributed by atoms with E-state index < -0.39 is 10.0 Å². The molecule has 0 unspecified atom stereocenters. The van der Waals surface area contributed by atoms with Crippen molar-refractivity contribution < 1.29 is 8.42 Å². The summed E-state index contributed by atoms with van der Waals surface area (Å²) >= 11 is 5.60. The van der Waals surface area contributed by atoms with E-state index in [1.807, 2.05) is 0 Å². The second kappa shape index (κ2) is 2.91. The average Bonchev–Trinajstić information content (AvgIpc) is 2.45. The number of nitrogens with zero attached hydrogens (tertiary/aromatic N) is 3. The topological polar surface area (TPSA) is 90.4 Å². The second-order valence-electron chi connectivity index (χ2n) is 2.57. The van der Waals surface area contributed by atoms with Crippen LogP contribution in [-0.4, -0.2) is 23.0 Å². The van der Waals surface area contributed by atoms with Gasteiger partial charge >= 0.3 is 0 Å². The Balaban J connectivity index is 2.87. The molecule has 0 amide bonds. The van der Waals surface area contributed by atoms with Crippen molar-refractivity contribution >= 4 is 27.3 Å². The van der Waals surface area contributed by atoms with E-state index in [0.29, 0.717) is 5.65 Å². The Labute approximate surface area is 84.4 Å². The van der Waals surface area contributed by atoms with E-state index in [9.17, 15) is 8.42 Å². The molecule has 0 bridgehead atoms.